The summed E-state index contributed by atoms with van der Waals surface area (Å²) in [7, 11) is 0. The van der Waals surface area contributed by atoms with Gasteiger partial charge in [0.2, 0.25) is 0 Å². The molecule has 0 aliphatic heterocycles. The van der Waals surface area contributed by atoms with Crippen LogP contribution in [0, 0.1) is 5.92 Å². The highest BCUT2D eigenvalue weighted by Gasteiger charge is 2.30. The van der Waals surface area contributed by atoms with Crippen molar-refractivity contribution >= 4 is 34.8 Å². The van der Waals surface area contributed by atoms with Gasteiger partial charge >= 0.3 is 0 Å². The van der Waals surface area contributed by atoms with Crippen LogP contribution < -0.4 is 0 Å². The molecule has 3 heteroatoms. The van der Waals surface area contributed by atoms with Gasteiger partial charge in [-0.25, -0.2) is 0 Å². The average Bonchev–Trinajstić information content (AvgIpc) is 1.88. The number of hydrogen-bond acceptors (Lipinski definition) is 0. The summed E-state index contributed by atoms with van der Waals surface area (Å²) in [5.74, 6) is 0.117. The standard InChI is InChI=1S/C7H9Cl3/c8-7(9,10)6-4-2-1-3-5-6/h2,4,6H,1,3,5H2. The molecule has 0 bridgehead atoms. The molecule has 0 aromatic heterocycles. The largest absolute Gasteiger partial charge is 0.196 e. The summed E-state index contributed by atoms with van der Waals surface area (Å²) >= 11 is 17.1. The summed E-state index contributed by atoms with van der Waals surface area (Å²) in [5.41, 5.74) is 0. The third-order valence-corrected chi connectivity index (χ3v) is 2.52. The third-order valence-electron chi connectivity index (χ3n) is 1.67. The minimum atomic E-state index is -1.10. The number of halogens is 3. The third kappa shape index (κ3) is 2.34. The number of alkyl halides is 3. The second-order valence-corrected chi connectivity index (χ2v) is 4.88. The van der Waals surface area contributed by atoms with Gasteiger partial charge in [0, 0.05) is 5.92 Å². The Morgan fingerprint density at radius 2 is 2.00 bits per heavy atom. The molecule has 1 rings (SSSR count). The Labute approximate surface area is 76.1 Å². The van der Waals surface area contributed by atoms with E-state index in [1.807, 2.05) is 6.08 Å². The van der Waals surface area contributed by atoms with Crippen LogP contribution in [0.4, 0.5) is 0 Å². The van der Waals surface area contributed by atoms with Crippen LogP contribution in [0.1, 0.15) is 19.3 Å². The molecule has 1 aliphatic carbocycles. The molecule has 0 aromatic carbocycles. The lowest BCUT2D eigenvalue weighted by Gasteiger charge is -2.23. The molecule has 0 heterocycles. The van der Waals surface area contributed by atoms with Crippen LogP contribution in [0.2, 0.25) is 0 Å². The van der Waals surface area contributed by atoms with Crippen molar-refractivity contribution in [3.63, 3.8) is 0 Å². The summed E-state index contributed by atoms with van der Waals surface area (Å²) in [6.07, 6.45) is 7.33. The summed E-state index contributed by atoms with van der Waals surface area (Å²) in [6, 6.07) is 0. The maximum absolute atomic E-state index is 5.69. The van der Waals surface area contributed by atoms with Crippen molar-refractivity contribution in [3.8, 4) is 0 Å². The fourth-order valence-corrected chi connectivity index (χ4v) is 1.63. The smallest absolute Gasteiger partial charge is 0.0881 e. The fourth-order valence-electron chi connectivity index (χ4n) is 1.09. The zero-order valence-electron chi connectivity index (χ0n) is 5.49. The van der Waals surface area contributed by atoms with Crippen molar-refractivity contribution in [2.75, 3.05) is 0 Å². The van der Waals surface area contributed by atoms with E-state index >= 15 is 0 Å². The van der Waals surface area contributed by atoms with Gasteiger partial charge in [-0.1, -0.05) is 47.0 Å². The van der Waals surface area contributed by atoms with Gasteiger partial charge in [0.1, 0.15) is 0 Å². The van der Waals surface area contributed by atoms with Crippen LogP contribution >= 0.6 is 34.8 Å². The highest BCUT2D eigenvalue weighted by atomic mass is 35.6. The molecule has 0 fully saturated rings. The van der Waals surface area contributed by atoms with E-state index in [9.17, 15) is 0 Å². The molecule has 1 atom stereocenters. The van der Waals surface area contributed by atoms with Gasteiger partial charge in [-0.2, -0.15) is 0 Å². The summed E-state index contributed by atoms with van der Waals surface area (Å²) in [4.78, 5) is 0. The second-order valence-electron chi connectivity index (χ2n) is 2.51. The molecule has 10 heavy (non-hydrogen) atoms. The molecule has 0 radical (unpaired) electrons. The van der Waals surface area contributed by atoms with Gasteiger partial charge in [-0.05, 0) is 19.3 Å². The van der Waals surface area contributed by atoms with Gasteiger partial charge in [0.15, 0.2) is 3.79 Å². The number of allylic oxidation sites excluding steroid dienone is 2. The Bertz CT molecular complexity index is 134. The van der Waals surface area contributed by atoms with Gasteiger partial charge in [-0.15, -0.1) is 0 Å². The van der Waals surface area contributed by atoms with Crippen LogP contribution in [-0.4, -0.2) is 3.79 Å². The van der Waals surface area contributed by atoms with Crippen molar-refractivity contribution in [3.05, 3.63) is 12.2 Å². The van der Waals surface area contributed by atoms with Gasteiger partial charge in [-0.3, -0.25) is 0 Å². The SMILES string of the molecule is ClC(Cl)(Cl)C1C=CCCC1. The normalized spacial score (nSPS) is 26.9. The Kier molecular flexibility index (Phi) is 2.91. The van der Waals surface area contributed by atoms with Crippen LogP contribution in [0.15, 0.2) is 12.2 Å². The van der Waals surface area contributed by atoms with Crippen molar-refractivity contribution in [2.45, 2.75) is 23.1 Å². The monoisotopic (exact) mass is 198 g/mol. The topological polar surface area (TPSA) is 0 Å². The molecular weight excluding hydrogens is 190 g/mol. The van der Waals surface area contributed by atoms with Crippen molar-refractivity contribution in [2.24, 2.45) is 5.92 Å². The fraction of sp³-hybridized carbons (Fsp3) is 0.714. The maximum atomic E-state index is 5.69. The Balaban J connectivity index is 2.55. The van der Waals surface area contributed by atoms with Gasteiger partial charge < -0.3 is 0 Å². The second kappa shape index (κ2) is 3.34. The quantitative estimate of drug-likeness (QED) is 0.412. The van der Waals surface area contributed by atoms with E-state index in [2.05, 4.69) is 6.08 Å². The zero-order chi connectivity index (χ0) is 7.61. The highest BCUT2D eigenvalue weighted by molar-refractivity contribution is 6.67. The molecule has 0 nitrogen and oxygen atoms in total. The minimum Gasteiger partial charge on any atom is -0.0881 e. The molecule has 0 saturated heterocycles. The predicted molar refractivity (Wildman–Crippen MR) is 46.8 cm³/mol. The van der Waals surface area contributed by atoms with Crippen LogP contribution in [0.3, 0.4) is 0 Å². The Hall–Kier alpha value is 0.610. The van der Waals surface area contributed by atoms with Crippen molar-refractivity contribution in [1.82, 2.24) is 0 Å². The Morgan fingerprint density at radius 1 is 1.30 bits per heavy atom. The first-order valence-corrected chi connectivity index (χ1v) is 4.47. The lowest BCUT2D eigenvalue weighted by atomic mass is 9.97. The first-order valence-electron chi connectivity index (χ1n) is 3.34. The van der Waals surface area contributed by atoms with Crippen LogP contribution in [0.25, 0.3) is 0 Å². The zero-order valence-corrected chi connectivity index (χ0v) is 7.76. The average molecular weight is 200 g/mol. The molecule has 0 spiro atoms. The Morgan fingerprint density at radius 3 is 2.30 bits per heavy atom. The molecule has 58 valence electrons. The molecule has 0 N–H and O–H groups in total. The molecule has 0 saturated carbocycles. The summed E-state index contributed by atoms with van der Waals surface area (Å²) in [6.45, 7) is 0. The first kappa shape index (κ1) is 8.70. The van der Waals surface area contributed by atoms with Crippen molar-refractivity contribution < 1.29 is 0 Å². The van der Waals surface area contributed by atoms with Gasteiger partial charge in [0.25, 0.3) is 0 Å². The molecule has 1 aliphatic rings. The van der Waals surface area contributed by atoms with E-state index in [0.717, 1.165) is 19.3 Å². The lowest BCUT2D eigenvalue weighted by Crippen LogP contribution is -2.18. The first-order chi connectivity index (χ1) is 4.61. The molecule has 0 aromatic rings. The summed E-state index contributed by atoms with van der Waals surface area (Å²) in [5, 5.41) is 0. The van der Waals surface area contributed by atoms with E-state index in [-0.39, 0.29) is 5.92 Å². The lowest BCUT2D eigenvalue weighted by molar-refractivity contribution is 0.550. The van der Waals surface area contributed by atoms with Gasteiger partial charge in [0.05, 0.1) is 0 Å². The predicted octanol–water partition coefficient (Wildman–Crippen LogP) is 3.71. The summed E-state index contributed by atoms with van der Waals surface area (Å²) < 4.78 is -1.10. The van der Waals surface area contributed by atoms with E-state index in [1.165, 1.54) is 0 Å². The molecule has 1 unspecified atom stereocenters. The number of rotatable bonds is 0. The van der Waals surface area contributed by atoms with Crippen molar-refractivity contribution in [1.29, 1.82) is 0 Å². The van der Waals surface area contributed by atoms with E-state index in [1.54, 1.807) is 0 Å². The number of hydrogen-bond donors (Lipinski definition) is 0. The van der Waals surface area contributed by atoms with E-state index in [4.69, 9.17) is 34.8 Å². The molecule has 0 amide bonds. The van der Waals surface area contributed by atoms with Crippen LogP contribution in [0.5, 0.6) is 0 Å². The van der Waals surface area contributed by atoms with E-state index in [0.29, 0.717) is 0 Å². The van der Waals surface area contributed by atoms with Crippen LogP contribution in [-0.2, 0) is 0 Å². The van der Waals surface area contributed by atoms with E-state index < -0.39 is 3.79 Å². The molecular formula is C7H9Cl3. The minimum absolute atomic E-state index is 0.117. The highest BCUT2D eigenvalue weighted by Crippen LogP contribution is 2.40. The maximum Gasteiger partial charge on any atom is 0.196 e.